The van der Waals surface area contributed by atoms with Crippen molar-refractivity contribution in [3.63, 3.8) is 0 Å². The summed E-state index contributed by atoms with van der Waals surface area (Å²) in [5.74, 6) is -1.48. The van der Waals surface area contributed by atoms with Crippen molar-refractivity contribution in [2.75, 3.05) is 0 Å². The van der Waals surface area contributed by atoms with E-state index in [1.165, 1.54) is 0 Å². The third-order valence-corrected chi connectivity index (χ3v) is 4.31. The quantitative estimate of drug-likeness (QED) is 0.506. The van der Waals surface area contributed by atoms with Crippen molar-refractivity contribution in [1.29, 1.82) is 0 Å². The molecule has 0 amide bonds. The van der Waals surface area contributed by atoms with E-state index >= 15 is 0 Å². The highest BCUT2D eigenvalue weighted by atomic mass is 19.4. The molecule has 0 radical (unpaired) electrons. The minimum atomic E-state index is -4.66. The molecule has 0 unspecified atom stereocenters. The molecular formula is C18H16F3N7O. The molecule has 3 aromatic heterocycles. The number of alkyl halides is 3. The van der Waals surface area contributed by atoms with Crippen molar-refractivity contribution in [2.45, 2.75) is 33.1 Å². The van der Waals surface area contributed by atoms with E-state index < -0.39 is 12.1 Å². The van der Waals surface area contributed by atoms with Gasteiger partial charge in [-0.05, 0) is 19.4 Å². The molecule has 8 nitrogen and oxygen atoms in total. The summed E-state index contributed by atoms with van der Waals surface area (Å²) < 4.78 is 45.5. The zero-order valence-corrected chi connectivity index (χ0v) is 15.6. The highest BCUT2D eigenvalue weighted by Crippen LogP contribution is 2.29. The predicted molar refractivity (Wildman–Crippen MR) is 95.5 cm³/mol. The molecule has 11 heteroatoms. The monoisotopic (exact) mass is 403 g/mol. The highest BCUT2D eigenvalue weighted by molar-refractivity contribution is 5.59. The van der Waals surface area contributed by atoms with E-state index in [1.807, 2.05) is 30.9 Å². The first-order valence-corrected chi connectivity index (χ1v) is 8.78. The van der Waals surface area contributed by atoms with Gasteiger partial charge in [0.15, 0.2) is 0 Å². The van der Waals surface area contributed by atoms with E-state index in [1.54, 1.807) is 28.9 Å². The van der Waals surface area contributed by atoms with Gasteiger partial charge in [0.05, 0.1) is 18.4 Å². The Morgan fingerprint density at radius 2 is 1.83 bits per heavy atom. The van der Waals surface area contributed by atoms with E-state index in [2.05, 4.69) is 30.1 Å². The van der Waals surface area contributed by atoms with Crippen molar-refractivity contribution in [1.82, 2.24) is 34.9 Å². The Balaban J connectivity index is 1.49. The number of hydrogen-bond acceptors (Lipinski definition) is 6. The second kappa shape index (κ2) is 7.15. The predicted octanol–water partition coefficient (Wildman–Crippen LogP) is 3.59. The third kappa shape index (κ3) is 3.89. The maximum atomic E-state index is 12.6. The number of hydrogen-bond donors (Lipinski definition) is 0. The van der Waals surface area contributed by atoms with Gasteiger partial charge in [-0.3, -0.25) is 4.68 Å². The number of benzene rings is 1. The molecule has 4 aromatic rings. The van der Waals surface area contributed by atoms with Gasteiger partial charge in [-0.1, -0.05) is 34.6 Å². The maximum absolute atomic E-state index is 12.6. The number of aryl methyl sites for hydroxylation is 2. The summed E-state index contributed by atoms with van der Waals surface area (Å²) in [5.41, 5.74) is 3.85. The molecule has 150 valence electrons. The molecule has 0 aliphatic carbocycles. The molecule has 0 bridgehead atoms. The lowest BCUT2D eigenvalue weighted by Crippen LogP contribution is -2.04. The van der Waals surface area contributed by atoms with Gasteiger partial charge in [0.2, 0.25) is 5.82 Å². The molecule has 0 saturated heterocycles. The summed E-state index contributed by atoms with van der Waals surface area (Å²) in [6.45, 7) is 5.15. The number of nitrogens with zero attached hydrogens (tertiary/aromatic N) is 7. The minimum Gasteiger partial charge on any atom is -0.329 e. The van der Waals surface area contributed by atoms with Crippen LogP contribution in [-0.2, 0) is 19.3 Å². The van der Waals surface area contributed by atoms with Gasteiger partial charge >= 0.3 is 12.1 Å². The zero-order valence-electron chi connectivity index (χ0n) is 15.6. The Labute approximate surface area is 163 Å². The topological polar surface area (TPSA) is 87.5 Å². The molecule has 3 heterocycles. The molecule has 0 fully saturated rings. The van der Waals surface area contributed by atoms with Gasteiger partial charge in [0, 0.05) is 23.9 Å². The fourth-order valence-electron chi connectivity index (χ4n) is 2.83. The van der Waals surface area contributed by atoms with Crippen LogP contribution >= 0.6 is 0 Å². The van der Waals surface area contributed by atoms with E-state index in [0.717, 1.165) is 29.1 Å². The van der Waals surface area contributed by atoms with Crippen molar-refractivity contribution in [2.24, 2.45) is 0 Å². The molecule has 0 spiro atoms. The molecule has 0 saturated carbocycles. The van der Waals surface area contributed by atoms with E-state index in [4.69, 9.17) is 0 Å². The van der Waals surface area contributed by atoms with Crippen LogP contribution in [0.1, 0.15) is 24.1 Å². The van der Waals surface area contributed by atoms with Crippen LogP contribution in [0, 0.1) is 6.92 Å². The van der Waals surface area contributed by atoms with Crippen LogP contribution in [0.2, 0.25) is 0 Å². The molecule has 1 aromatic carbocycles. The van der Waals surface area contributed by atoms with Crippen LogP contribution in [0.4, 0.5) is 13.2 Å². The molecule has 0 aliphatic heterocycles. The third-order valence-electron chi connectivity index (χ3n) is 4.31. The fourth-order valence-corrected chi connectivity index (χ4v) is 2.83. The Morgan fingerprint density at radius 3 is 2.45 bits per heavy atom. The molecule has 0 aliphatic rings. The second-order valence-electron chi connectivity index (χ2n) is 6.40. The highest BCUT2D eigenvalue weighted by Gasteiger charge is 2.38. The van der Waals surface area contributed by atoms with Gasteiger partial charge in [-0.15, -0.1) is 5.10 Å². The van der Waals surface area contributed by atoms with Crippen LogP contribution in [0.5, 0.6) is 0 Å². The number of rotatable bonds is 5. The molecule has 29 heavy (non-hydrogen) atoms. The van der Waals surface area contributed by atoms with Crippen molar-refractivity contribution >= 4 is 0 Å². The van der Waals surface area contributed by atoms with E-state index in [-0.39, 0.29) is 5.82 Å². The maximum Gasteiger partial charge on any atom is 0.471 e. The Hall–Kier alpha value is -3.50. The van der Waals surface area contributed by atoms with Crippen LogP contribution in [0.15, 0.2) is 41.2 Å². The first-order chi connectivity index (χ1) is 13.8. The SMILES string of the molecule is CCn1cc(-c2cn(Cc3ccc(-c4noc(C(F)(F)F)n4)cc3)nn2)c(C)n1. The Kier molecular flexibility index (Phi) is 4.65. The number of aromatic nitrogens is 7. The van der Waals surface area contributed by atoms with Crippen LogP contribution in [-0.4, -0.2) is 34.9 Å². The summed E-state index contributed by atoms with van der Waals surface area (Å²) in [4.78, 5) is 3.38. The zero-order chi connectivity index (χ0) is 20.6. The average molecular weight is 403 g/mol. The Bertz CT molecular complexity index is 1130. The van der Waals surface area contributed by atoms with Gasteiger partial charge in [0.1, 0.15) is 5.69 Å². The van der Waals surface area contributed by atoms with Crippen molar-refractivity contribution in [3.05, 3.63) is 53.8 Å². The lowest BCUT2D eigenvalue weighted by molar-refractivity contribution is -0.159. The standard InChI is InChI=1S/C18H16F3N7O/c1-3-27-9-14(11(2)24-27)15-10-28(26-23-15)8-12-4-6-13(7-5-12)16-22-17(29-25-16)18(19,20)21/h4-7,9-10H,3,8H2,1-2H3. The lowest BCUT2D eigenvalue weighted by atomic mass is 10.1. The van der Waals surface area contributed by atoms with Gasteiger partial charge in [-0.25, -0.2) is 4.68 Å². The van der Waals surface area contributed by atoms with Crippen LogP contribution in [0.3, 0.4) is 0 Å². The smallest absolute Gasteiger partial charge is 0.329 e. The lowest BCUT2D eigenvalue weighted by Gasteiger charge is -2.02. The van der Waals surface area contributed by atoms with E-state index in [0.29, 0.717) is 12.1 Å². The first kappa shape index (κ1) is 18.8. The molecule has 4 rings (SSSR count). The molecule has 0 N–H and O–H groups in total. The summed E-state index contributed by atoms with van der Waals surface area (Å²) in [6, 6.07) is 6.79. The van der Waals surface area contributed by atoms with Crippen LogP contribution < -0.4 is 0 Å². The van der Waals surface area contributed by atoms with Gasteiger partial charge in [-0.2, -0.15) is 23.3 Å². The number of halogens is 3. The van der Waals surface area contributed by atoms with Crippen molar-refractivity contribution in [3.8, 4) is 22.6 Å². The Morgan fingerprint density at radius 1 is 1.07 bits per heavy atom. The summed E-state index contributed by atoms with van der Waals surface area (Å²) in [5, 5.41) is 16.1. The minimum absolute atomic E-state index is 0.115. The molecule has 0 atom stereocenters. The van der Waals surface area contributed by atoms with Crippen LogP contribution in [0.25, 0.3) is 22.6 Å². The fraction of sp³-hybridized carbons (Fsp3) is 0.278. The second-order valence-corrected chi connectivity index (χ2v) is 6.40. The normalized spacial score (nSPS) is 11.9. The largest absolute Gasteiger partial charge is 0.471 e. The summed E-state index contributed by atoms with van der Waals surface area (Å²) in [6.07, 6.45) is -0.909. The van der Waals surface area contributed by atoms with E-state index in [9.17, 15) is 13.2 Å². The summed E-state index contributed by atoms with van der Waals surface area (Å²) >= 11 is 0. The summed E-state index contributed by atoms with van der Waals surface area (Å²) in [7, 11) is 0. The first-order valence-electron chi connectivity index (χ1n) is 8.78. The molecular weight excluding hydrogens is 387 g/mol. The van der Waals surface area contributed by atoms with Gasteiger partial charge in [0.25, 0.3) is 0 Å². The van der Waals surface area contributed by atoms with Crippen molar-refractivity contribution < 1.29 is 17.7 Å². The van der Waals surface area contributed by atoms with Gasteiger partial charge < -0.3 is 4.52 Å². The average Bonchev–Trinajstić information content (AvgIpc) is 3.41.